The number of phenolic OH excluding ortho intramolecular Hbond substituents is 1. The predicted molar refractivity (Wildman–Crippen MR) is 338 cm³/mol. The van der Waals surface area contributed by atoms with Gasteiger partial charge in [0, 0.05) is 58.0 Å². The molecule has 0 unspecified atom stereocenters. The maximum Gasteiger partial charge on any atom is 0.326 e. The van der Waals surface area contributed by atoms with Gasteiger partial charge in [-0.25, -0.2) is 4.79 Å². The highest BCUT2D eigenvalue weighted by atomic mass is 16.4. The molecule has 2 aromatic carbocycles. The summed E-state index contributed by atoms with van der Waals surface area (Å²) in [5.74, 6) is -19.2. The first-order valence-corrected chi connectivity index (χ1v) is 31.9. The van der Waals surface area contributed by atoms with Gasteiger partial charge in [-0.05, 0) is 92.9 Å². The number of carboxylic acid groups (broad SMARTS) is 6. The van der Waals surface area contributed by atoms with Crippen LogP contribution in [-0.4, -0.2) is 214 Å². The number of aromatic hydroxyl groups is 1. The van der Waals surface area contributed by atoms with Gasteiger partial charge in [-0.2, -0.15) is 0 Å². The van der Waals surface area contributed by atoms with Crippen molar-refractivity contribution >= 4 is 94.9 Å². The molecule has 0 aromatic heterocycles. The summed E-state index contributed by atoms with van der Waals surface area (Å²) in [6, 6.07) is -1.76. The number of hydrogen-bond acceptors (Lipinski definition) is 17. The third-order valence-electron chi connectivity index (χ3n) is 16.4. The molecule has 33 heteroatoms. The lowest BCUT2D eigenvalue weighted by Gasteiger charge is -2.34. The third-order valence-corrected chi connectivity index (χ3v) is 16.4. The lowest BCUT2D eigenvalue weighted by molar-refractivity contribution is -0.146. The number of amides is 10. The lowest BCUT2D eigenvalue weighted by Crippen LogP contribution is -2.61. The van der Waals surface area contributed by atoms with Crippen molar-refractivity contribution in [1.82, 2.24) is 52.3 Å². The van der Waals surface area contributed by atoms with Crippen LogP contribution < -0.4 is 42.5 Å². The molecule has 0 saturated carbocycles. The normalized spacial score (nSPS) is 17.0. The number of carboxylic acids is 6. The van der Waals surface area contributed by atoms with E-state index in [0.717, 1.165) is 9.80 Å². The fourth-order valence-electron chi connectivity index (χ4n) is 11.0. The van der Waals surface area contributed by atoms with E-state index in [-0.39, 0.29) is 76.1 Å². The molecule has 10 amide bonds. The molecular formula is C64H88N10O23. The van der Waals surface area contributed by atoms with Gasteiger partial charge in [-0.1, -0.05) is 76.6 Å². The maximum atomic E-state index is 14.8. The summed E-state index contributed by atoms with van der Waals surface area (Å²) in [5.41, 5.74) is 0.884. The molecule has 2 saturated heterocycles. The number of phenols is 1. The Labute approximate surface area is 558 Å². The number of carbonyl (C=O) groups excluding carboxylic acids is 10. The van der Waals surface area contributed by atoms with Crippen molar-refractivity contribution in [2.75, 3.05) is 13.1 Å². The second-order valence-corrected chi connectivity index (χ2v) is 24.4. The number of nitrogens with zero attached hydrogens (tertiary/aromatic N) is 2. The minimum absolute atomic E-state index is 0.0166. The summed E-state index contributed by atoms with van der Waals surface area (Å²) in [6.07, 6.45) is -5.95. The molecule has 11 atom stereocenters. The zero-order chi connectivity index (χ0) is 72.2. The maximum absolute atomic E-state index is 14.8. The number of rotatable bonds is 41. The van der Waals surface area contributed by atoms with Crippen LogP contribution in [0.3, 0.4) is 0 Å². The number of likely N-dealkylation sites (tertiary alicyclic amines) is 2. The monoisotopic (exact) mass is 1360 g/mol. The highest BCUT2D eigenvalue weighted by Gasteiger charge is 2.44. The number of benzene rings is 2. The number of carbonyl (C=O) groups is 16. The zero-order valence-electron chi connectivity index (χ0n) is 54.3. The topological polar surface area (TPSA) is 517 Å². The molecule has 0 radical (unpaired) electrons. The molecule has 2 aliphatic rings. The standard InChI is InChI=1S/C64H88N10O23/c1-5-35(4)54(72-61(93)47-14-9-29-73(47)62(94)41(21-26-51(81)82)68-58(90)44(32-36-11-7-6-8-12-36)65-48(76)23-28-53(85)86)63(95)74-30-10-13-46(74)60(92)67-40(20-25-50(79)80)55(87)66-39(19-24-49(77)78)56(88)71-45(33-37-15-17-38(75)18-16-37)59(91)70-43(31-34(2)3)57(89)69-42(64(96)97)22-27-52(83)84/h6-8,11-12,15-18,34-35,39-47,54,75H,5,9-10,13-14,19-33H2,1-4H3,(H,65,76)(H,66,87)(H,67,92)(H,68,90)(H,69,89)(H,70,91)(H,71,88)(H,72,93)(H,77,78)(H,79,80)(H,81,82)(H,83,84)(H,85,86)(H,96,97)/t35-,39-,40-,41-,42+,43-,44-,45-,46-,47-,54-/m0/s1. The summed E-state index contributed by atoms with van der Waals surface area (Å²) in [7, 11) is 0. The summed E-state index contributed by atoms with van der Waals surface area (Å²) in [5, 5.41) is 86.9. The smallest absolute Gasteiger partial charge is 0.326 e. The third kappa shape index (κ3) is 26.5. The Kier molecular flexibility index (Phi) is 31.8. The molecule has 33 nitrogen and oxygen atoms in total. The van der Waals surface area contributed by atoms with Crippen molar-refractivity contribution in [3.63, 3.8) is 0 Å². The van der Waals surface area contributed by atoms with Gasteiger partial charge in [0.1, 0.15) is 66.2 Å². The van der Waals surface area contributed by atoms with Crippen molar-refractivity contribution in [1.29, 1.82) is 0 Å². The van der Waals surface area contributed by atoms with Crippen LogP contribution in [0.5, 0.6) is 5.75 Å². The van der Waals surface area contributed by atoms with Crippen molar-refractivity contribution in [3.05, 3.63) is 65.7 Å². The van der Waals surface area contributed by atoms with Crippen molar-refractivity contribution in [3.8, 4) is 5.75 Å². The number of aliphatic carboxylic acids is 6. The van der Waals surface area contributed by atoms with Crippen LogP contribution in [-0.2, 0) is 89.6 Å². The van der Waals surface area contributed by atoms with Crippen molar-refractivity contribution in [2.24, 2.45) is 11.8 Å². The van der Waals surface area contributed by atoms with E-state index in [1.807, 2.05) is 0 Å². The van der Waals surface area contributed by atoms with E-state index >= 15 is 0 Å². The van der Waals surface area contributed by atoms with Gasteiger partial charge in [0.25, 0.3) is 0 Å². The molecule has 97 heavy (non-hydrogen) atoms. The van der Waals surface area contributed by atoms with Gasteiger partial charge in [-0.15, -0.1) is 0 Å². The molecule has 2 aliphatic heterocycles. The first-order chi connectivity index (χ1) is 45.8. The molecule has 2 aromatic rings. The number of nitrogens with one attached hydrogen (secondary N) is 8. The van der Waals surface area contributed by atoms with Crippen molar-refractivity contribution in [2.45, 2.75) is 204 Å². The minimum Gasteiger partial charge on any atom is -0.508 e. The molecular weight excluding hydrogens is 1280 g/mol. The molecule has 0 bridgehead atoms. The Morgan fingerprint density at radius 3 is 1.31 bits per heavy atom. The molecule has 532 valence electrons. The fourth-order valence-corrected chi connectivity index (χ4v) is 11.0. The molecule has 2 fully saturated rings. The molecule has 0 spiro atoms. The quantitative estimate of drug-likeness (QED) is 0.0400. The summed E-state index contributed by atoms with van der Waals surface area (Å²) >= 11 is 0. The van der Waals surface area contributed by atoms with Gasteiger partial charge in [-0.3, -0.25) is 71.9 Å². The Morgan fingerprint density at radius 2 is 0.825 bits per heavy atom. The first kappa shape index (κ1) is 79.2. The van der Waals surface area contributed by atoms with Crippen LogP contribution in [0.2, 0.25) is 0 Å². The summed E-state index contributed by atoms with van der Waals surface area (Å²) in [6.45, 7) is 6.58. The van der Waals surface area contributed by atoms with Gasteiger partial charge < -0.3 is 88.1 Å². The van der Waals surface area contributed by atoms with Gasteiger partial charge in [0.2, 0.25) is 59.1 Å². The second kappa shape index (κ2) is 39.0. The zero-order valence-corrected chi connectivity index (χ0v) is 54.3. The average molecular weight is 1370 g/mol. The van der Waals surface area contributed by atoms with Gasteiger partial charge in [0.05, 0.1) is 6.42 Å². The summed E-state index contributed by atoms with van der Waals surface area (Å²) < 4.78 is 0. The fraction of sp³-hybridized carbons (Fsp3) is 0.562. The Hall–Kier alpha value is -10.2. The predicted octanol–water partition coefficient (Wildman–Crippen LogP) is -0.461. The molecule has 4 rings (SSSR count). The van der Waals surface area contributed by atoms with E-state index in [4.69, 9.17) is 10.2 Å². The first-order valence-electron chi connectivity index (χ1n) is 31.9. The van der Waals surface area contributed by atoms with Gasteiger partial charge >= 0.3 is 35.8 Å². The highest BCUT2D eigenvalue weighted by molar-refractivity contribution is 6.00. The van der Waals surface area contributed by atoms with E-state index in [0.29, 0.717) is 11.1 Å². The van der Waals surface area contributed by atoms with Crippen LogP contribution in [0.4, 0.5) is 0 Å². The van der Waals surface area contributed by atoms with Crippen LogP contribution >= 0.6 is 0 Å². The molecule has 15 N–H and O–H groups in total. The largest absolute Gasteiger partial charge is 0.508 e. The second-order valence-electron chi connectivity index (χ2n) is 24.4. The van der Waals surface area contributed by atoms with E-state index in [2.05, 4.69) is 42.5 Å². The molecule has 2 heterocycles. The van der Waals surface area contributed by atoms with Crippen molar-refractivity contribution < 1.29 is 112 Å². The average Bonchev–Trinajstić information content (AvgIpc) is 1.55. The Bertz CT molecular complexity index is 3170. The Balaban J connectivity index is 1.58. The van der Waals surface area contributed by atoms with E-state index in [9.17, 15) is 102 Å². The van der Waals surface area contributed by atoms with E-state index < -0.39 is 225 Å². The van der Waals surface area contributed by atoms with Crippen LogP contribution in [0.25, 0.3) is 0 Å². The highest BCUT2D eigenvalue weighted by Crippen LogP contribution is 2.25. The lowest BCUT2D eigenvalue weighted by atomic mass is 9.96. The number of hydrogen-bond donors (Lipinski definition) is 15. The van der Waals surface area contributed by atoms with E-state index in [1.165, 1.54) is 24.3 Å². The minimum atomic E-state index is -1.84. The van der Waals surface area contributed by atoms with Crippen LogP contribution in [0.15, 0.2) is 54.6 Å². The van der Waals surface area contributed by atoms with Crippen LogP contribution in [0, 0.1) is 11.8 Å². The Morgan fingerprint density at radius 1 is 0.433 bits per heavy atom. The van der Waals surface area contributed by atoms with E-state index in [1.54, 1.807) is 58.0 Å². The van der Waals surface area contributed by atoms with Gasteiger partial charge in [0.15, 0.2) is 0 Å². The SMILES string of the molecule is CC[C@H](C)[C@H](NC(=O)[C@@H]1CCCN1C(=O)[C@H](CCC(=O)O)NC(=O)[C@H](Cc1ccccc1)NC(=O)CCC(=O)O)C(=O)N1CCC[C@H]1C(=O)N[C@@H](CCC(=O)O)C(=O)N[C@@H](CCC(=O)O)C(=O)N[C@@H](Cc1ccc(O)cc1)C(=O)N[C@@H](CC(C)C)C(=O)N[C@H](CCC(=O)O)C(=O)O. The van der Waals surface area contributed by atoms with Crippen LogP contribution in [0.1, 0.15) is 142 Å². The molecule has 0 aliphatic carbocycles. The summed E-state index contributed by atoms with van der Waals surface area (Å²) in [4.78, 5) is 214.